The molecule has 0 N–H and O–H groups in total. The third kappa shape index (κ3) is 11.6. The summed E-state index contributed by atoms with van der Waals surface area (Å²) in [6.07, 6.45) is 0. The second-order valence-electron chi connectivity index (χ2n) is 1.40. The van der Waals surface area contributed by atoms with Crippen LogP contribution in [-0.2, 0) is 26.6 Å². The standard InChI is InChI=1S/C4H5Cl3O2.Cu/c1-3(8)9-2-4(5,6)7;/h2H2,1H3;. The zero-order valence-electron chi connectivity index (χ0n) is 4.96. The van der Waals surface area contributed by atoms with Crippen LogP contribution in [-0.4, -0.2) is 16.4 Å². The molecule has 0 heterocycles. The molecular weight excluding hydrogens is 250 g/mol. The average molecular weight is 255 g/mol. The van der Waals surface area contributed by atoms with Crippen LogP contribution in [0.15, 0.2) is 0 Å². The zero-order valence-corrected chi connectivity index (χ0v) is 8.17. The van der Waals surface area contributed by atoms with E-state index < -0.39 is 9.76 Å². The number of halogens is 3. The Kier molecular flexibility index (Phi) is 7.40. The minimum Gasteiger partial charge on any atom is -0.461 e. The van der Waals surface area contributed by atoms with Crippen LogP contribution in [0.25, 0.3) is 0 Å². The van der Waals surface area contributed by atoms with Gasteiger partial charge < -0.3 is 4.74 Å². The molecule has 0 saturated heterocycles. The molecule has 0 aromatic heterocycles. The smallest absolute Gasteiger partial charge is 0.302 e. The van der Waals surface area contributed by atoms with Gasteiger partial charge in [0.15, 0.2) is 0 Å². The maximum absolute atomic E-state index is 10.1. The molecule has 0 aromatic rings. The number of rotatable bonds is 1. The van der Waals surface area contributed by atoms with Gasteiger partial charge in [-0.15, -0.1) is 0 Å². The molecule has 6 heteroatoms. The number of carbonyl (C=O) groups excluding carboxylic acids is 1. The summed E-state index contributed by atoms with van der Waals surface area (Å²) < 4.78 is 2.88. The number of carbonyl (C=O) groups is 1. The minimum atomic E-state index is -1.49. The van der Waals surface area contributed by atoms with Crippen LogP contribution < -0.4 is 0 Å². The van der Waals surface area contributed by atoms with Gasteiger partial charge in [-0.2, -0.15) is 0 Å². The molecule has 2 nitrogen and oxygen atoms in total. The first kappa shape index (κ1) is 13.4. The normalized spacial score (nSPS) is 10.0. The molecule has 0 spiro atoms. The average Bonchev–Trinajstić information content (AvgIpc) is 1.59. The topological polar surface area (TPSA) is 26.3 Å². The summed E-state index contributed by atoms with van der Waals surface area (Å²) in [4.78, 5) is 10.1. The van der Waals surface area contributed by atoms with Crippen LogP contribution in [0.5, 0.6) is 0 Å². The molecule has 0 aromatic carbocycles. The molecule has 0 aliphatic rings. The van der Waals surface area contributed by atoms with E-state index in [1.807, 2.05) is 0 Å². The Labute approximate surface area is 84.6 Å². The number of ether oxygens (including phenoxy) is 1. The van der Waals surface area contributed by atoms with Crippen molar-refractivity contribution in [2.75, 3.05) is 6.61 Å². The van der Waals surface area contributed by atoms with E-state index in [4.69, 9.17) is 34.8 Å². The van der Waals surface area contributed by atoms with Gasteiger partial charge in [0, 0.05) is 24.0 Å². The third-order valence-electron chi connectivity index (χ3n) is 0.439. The monoisotopic (exact) mass is 253 g/mol. The Morgan fingerprint density at radius 2 is 1.90 bits per heavy atom. The van der Waals surface area contributed by atoms with Crippen LogP contribution in [0.3, 0.4) is 0 Å². The number of alkyl halides is 3. The predicted octanol–water partition coefficient (Wildman–Crippen LogP) is 1.92. The minimum absolute atomic E-state index is 0. The first-order valence-corrected chi connectivity index (χ1v) is 3.25. The summed E-state index contributed by atoms with van der Waals surface area (Å²) in [6, 6.07) is 0. The fourth-order valence-electron chi connectivity index (χ4n) is 0.183. The van der Waals surface area contributed by atoms with Crippen LogP contribution in [0.1, 0.15) is 6.92 Å². The molecule has 0 fully saturated rings. The maximum atomic E-state index is 10.1. The van der Waals surface area contributed by atoms with Gasteiger partial charge in [0.1, 0.15) is 6.61 Å². The van der Waals surface area contributed by atoms with Crippen molar-refractivity contribution in [1.82, 2.24) is 0 Å². The maximum Gasteiger partial charge on any atom is 0.302 e. The van der Waals surface area contributed by atoms with Gasteiger partial charge in [-0.05, 0) is 0 Å². The van der Waals surface area contributed by atoms with Crippen LogP contribution in [0.4, 0.5) is 0 Å². The SMILES string of the molecule is CC(=O)OCC(Cl)(Cl)Cl.[Cu]. The van der Waals surface area contributed by atoms with Crippen molar-refractivity contribution in [3.05, 3.63) is 0 Å². The molecule has 65 valence electrons. The molecular formula is C4H5Cl3CuO2. The van der Waals surface area contributed by atoms with Crippen molar-refractivity contribution >= 4 is 40.8 Å². The van der Waals surface area contributed by atoms with Crippen molar-refractivity contribution in [2.24, 2.45) is 0 Å². The van der Waals surface area contributed by atoms with Gasteiger partial charge >= 0.3 is 5.97 Å². The van der Waals surface area contributed by atoms with Gasteiger partial charge in [0.25, 0.3) is 0 Å². The van der Waals surface area contributed by atoms with Crippen molar-refractivity contribution in [2.45, 2.75) is 10.7 Å². The van der Waals surface area contributed by atoms with Gasteiger partial charge in [-0.1, -0.05) is 34.8 Å². The summed E-state index contributed by atoms with van der Waals surface area (Å²) in [5.41, 5.74) is 0. The van der Waals surface area contributed by atoms with Crippen molar-refractivity contribution in [1.29, 1.82) is 0 Å². The fourth-order valence-corrected chi connectivity index (χ4v) is 0.347. The molecule has 0 bridgehead atoms. The second-order valence-corrected chi connectivity index (χ2v) is 3.91. The van der Waals surface area contributed by atoms with Gasteiger partial charge in [0.2, 0.25) is 3.79 Å². The van der Waals surface area contributed by atoms with E-state index in [2.05, 4.69) is 4.74 Å². The van der Waals surface area contributed by atoms with Crippen LogP contribution in [0, 0.1) is 0 Å². The zero-order chi connectivity index (χ0) is 7.49. The number of hydrogen-bond acceptors (Lipinski definition) is 2. The Morgan fingerprint density at radius 1 is 1.50 bits per heavy atom. The molecule has 0 atom stereocenters. The van der Waals surface area contributed by atoms with Crippen LogP contribution >= 0.6 is 34.8 Å². The molecule has 0 saturated carbocycles. The van der Waals surface area contributed by atoms with Crippen molar-refractivity contribution < 1.29 is 26.6 Å². The van der Waals surface area contributed by atoms with E-state index in [1.165, 1.54) is 6.92 Å². The second kappa shape index (κ2) is 5.50. The third-order valence-corrected chi connectivity index (χ3v) is 0.766. The van der Waals surface area contributed by atoms with E-state index in [9.17, 15) is 4.79 Å². The predicted molar refractivity (Wildman–Crippen MR) is 36.9 cm³/mol. The Morgan fingerprint density at radius 3 is 2.00 bits per heavy atom. The Balaban J connectivity index is 0. The summed E-state index contributed by atoms with van der Waals surface area (Å²) in [6.45, 7) is 1.05. The van der Waals surface area contributed by atoms with Gasteiger partial charge in [-0.25, -0.2) is 0 Å². The van der Waals surface area contributed by atoms with Gasteiger partial charge in [-0.3, -0.25) is 4.79 Å². The Bertz CT molecular complexity index is 112. The van der Waals surface area contributed by atoms with E-state index >= 15 is 0 Å². The summed E-state index contributed by atoms with van der Waals surface area (Å²) in [5, 5.41) is 0. The van der Waals surface area contributed by atoms with E-state index in [0.29, 0.717) is 0 Å². The fraction of sp³-hybridized carbons (Fsp3) is 0.750. The molecule has 10 heavy (non-hydrogen) atoms. The van der Waals surface area contributed by atoms with Crippen molar-refractivity contribution in [3.63, 3.8) is 0 Å². The molecule has 1 radical (unpaired) electrons. The molecule has 0 rings (SSSR count). The summed E-state index contributed by atoms with van der Waals surface area (Å²) in [7, 11) is 0. The quantitative estimate of drug-likeness (QED) is 0.406. The summed E-state index contributed by atoms with van der Waals surface area (Å²) >= 11 is 15.7. The molecule has 0 aliphatic carbocycles. The number of hydrogen-bond donors (Lipinski definition) is 0. The van der Waals surface area contributed by atoms with E-state index in [-0.39, 0.29) is 23.7 Å². The number of esters is 1. The first-order valence-electron chi connectivity index (χ1n) is 2.12. The van der Waals surface area contributed by atoms with E-state index in [1.54, 1.807) is 0 Å². The Hall–Kier alpha value is 0.859. The van der Waals surface area contributed by atoms with Crippen LogP contribution in [0.2, 0.25) is 0 Å². The van der Waals surface area contributed by atoms with Gasteiger partial charge in [0.05, 0.1) is 0 Å². The first-order chi connectivity index (χ1) is 3.92. The van der Waals surface area contributed by atoms with E-state index in [0.717, 1.165) is 0 Å². The largest absolute Gasteiger partial charge is 0.461 e. The molecule has 0 aliphatic heterocycles. The van der Waals surface area contributed by atoms with Crippen molar-refractivity contribution in [3.8, 4) is 0 Å². The summed E-state index contributed by atoms with van der Waals surface area (Å²) in [5.74, 6) is -0.457. The molecule has 0 amide bonds. The molecule has 0 unspecified atom stereocenters.